The van der Waals surface area contributed by atoms with Gasteiger partial charge in [0.2, 0.25) is 5.89 Å². The molecule has 0 fully saturated rings. The lowest BCUT2D eigenvalue weighted by Gasteiger charge is -2.14. The van der Waals surface area contributed by atoms with Gasteiger partial charge in [-0.2, -0.15) is 0 Å². The zero-order valence-corrected chi connectivity index (χ0v) is 22.2. The number of amides is 1. The van der Waals surface area contributed by atoms with E-state index in [0.717, 1.165) is 28.1 Å². The predicted molar refractivity (Wildman–Crippen MR) is 146 cm³/mol. The number of aromatic nitrogens is 1. The van der Waals surface area contributed by atoms with Gasteiger partial charge in [-0.1, -0.05) is 53.5 Å². The molecule has 0 spiro atoms. The van der Waals surface area contributed by atoms with E-state index in [1.54, 1.807) is 30.3 Å². The Morgan fingerprint density at radius 3 is 2.42 bits per heavy atom. The smallest absolute Gasteiger partial charge is 0.303 e. The molecule has 38 heavy (non-hydrogen) atoms. The molecule has 196 valence electrons. The van der Waals surface area contributed by atoms with Gasteiger partial charge in [-0.05, 0) is 60.9 Å². The van der Waals surface area contributed by atoms with Gasteiger partial charge >= 0.3 is 5.97 Å². The van der Waals surface area contributed by atoms with E-state index in [-0.39, 0.29) is 28.6 Å². The van der Waals surface area contributed by atoms with E-state index in [1.165, 1.54) is 0 Å². The van der Waals surface area contributed by atoms with Crippen LogP contribution in [0.1, 0.15) is 39.4 Å². The predicted octanol–water partition coefficient (Wildman–Crippen LogP) is 6.53. The van der Waals surface area contributed by atoms with E-state index in [0.29, 0.717) is 31.1 Å². The molecule has 4 aromatic rings. The number of oxazole rings is 1. The van der Waals surface area contributed by atoms with Crippen LogP contribution in [0.4, 0.5) is 0 Å². The normalized spacial score (nSPS) is 10.8. The standard InChI is InChI=1S/C29H26Cl2N2O5/c1-18-25(33-29(38-18)20-6-3-2-4-7-20)14-15-37-22-12-10-19(11-13-26(34)35)21(16-22)17-32-28(36)27-23(30)8-5-9-24(27)31/h2-10,12,16H,11,13-15,17H2,1H3,(H,32,36)(H,34,35). The van der Waals surface area contributed by atoms with E-state index < -0.39 is 11.9 Å². The van der Waals surface area contributed by atoms with Crippen molar-refractivity contribution in [3.8, 4) is 17.2 Å². The monoisotopic (exact) mass is 552 g/mol. The highest BCUT2D eigenvalue weighted by atomic mass is 35.5. The first-order chi connectivity index (χ1) is 18.3. The molecule has 0 saturated carbocycles. The number of aryl methyl sites for hydroxylation is 2. The summed E-state index contributed by atoms with van der Waals surface area (Å²) in [5.74, 6) is 0.567. The van der Waals surface area contributed by atoms with Gasteiger partial charge in [-0.15, -0.1) is 0 Å². The average Bonchev–Trinajstić information content (AvgIpc) is 3.27. The van der Waals surface area contributed by atoms with Crippen molar-refractivity contribution in [3.05, 3.63) is 105 Å². The second kappa shape index (κ2) is 12.6. The molecule has 0 bridgehead atoms. The van der Waals surface area contributed by atoms with Crippen LogP contribution < -0.4 is 10.1 Å². The summed E-state index contributed by atoms with van der Waals surface area (Å²) in [7, 11) is 0. The minimum absolute atomic E-state index is 0.0350. The molecular formula is C29H26Cl2N2O5. The first kappa shape index (κ1) is 27.2. The topological polar surface area (TPSA) is 102 Å². The highest BCUT2D eigenvalue weighted by Gasteiger charge is 2.16. The Kier molecular flexibility index (Phi) is 9.05. The lowest BCUT2D eigenvalue weighted by molar-refractivity contribution is -0.136. The van der Waals surface area contributed by atoms with Crippen molar-refractivity contribution in [1.29, 1.82) is 0 Å². The molecule has 0 saturated heterocycles. The molecule has 3 aromatic carbocycles. The summed E-state index contributed by atoms with van der Waals surface area (Å²) in [5, 5.41) is 12.5. The molecule has 1 amide bonds. The van der Waals surface area contributed by atoms with Gasteiger partial charge < -0.3 is 19.6 Å². The number of rotatable bonds is 11. The number of nitrogens with zero attached hydrogens (tertiary/aromatic N) is 1. The fourth-order valence-electron chi connectivity index (χ4n) is 3.95. The van der Waals surface area contributed by atoms with E-state index in [2.05, 4.69) is 10.3 Å². The first-order valence-electron chi connectivity index (χ1n) is 12.0. The molecule has 0 aliphatic rings. The lowest BCUT2D eigenvalue weighted by atomic mass is 10.0. The van der Waals surface area contributed by atoms with Crippen LogP contribution in [-0.4, -0.2) is 28.6 Å². The van der Waals surface area contributed by atoms with Gasteiger partial charge in [0.25, 0.3) is 5.91 Å². The number of hydrogen-bond donors (Lipinski definition) is 2. The minimum Gasteiger partial charge on any atom is -0.493 e. The number of aliphatic carboxylic acids is 1. The number of carboxylic acid groups (broad SMARTS) is 1. The van der Waals surface area contributed by atoms with Crippen molar-refractivity contribution in [3.63, 3.8) is 0 Å². The SMILES string of the molecule is Cc1oc(-c2ccccc2)nc1CCOc1ccc(CCC(=O)O)c(CNC(=O)c2c(Cl)cccc2Cl)c1. The van der Waals surface area contributed by atoms with Crippen LogP contribution in [0.5, 0.6) is 5.75 Å². The molecule has 4 rings (SSSR count). The van der Waals surface area contributed by atoms with Crippen LogP contribution in [0.15, 0.2) is 71.1 Å². The Bertz CT molecular complexity index is 1420. The second-order valence-corrected chi connectivity index (χ2v) is 9.40. The molecule has 0 unspecified atom stereocenters. The van der Waals surface area contributed by atoms with Crippen molar-refractivity contribution in [2.75, 3.05) is 6.61 Å². The Balaban J connectivity index is 1.44. The zero-order chi connectivity index (χ0) is 27.1. The van der Waals surface area contributed by atoms with E-state index >= 15 is 0 Å². The molecule has 1 heterocycles. The summed E-state index contributed by atoms with van der Waals surface area (Å²) in [5.41, 5.74) is 3.44. The van der Waals surface area contributed by atoms with Crippen LogP contribution in [0.25, 0.3) is 11.5 Å². The van der Waals surface area contributed by atoms with Gasteiger partial charge in [0, 0.05) is 24.9 Å². The summed E-state index contributed by atoms with van der Waals surface area (Å²) in [6.45, 7) is 2.38. The number of nitrogens with one attached hydrogen (secondary N) is 1. The molecule has 0 aliphatic heterocycles. The Morgan fingerprint density at radius 2 is 1.71 bits per heavy atom. The third-order valence-corrected chi connectivity index (χ3v) is 6.57. The molecule has 7 nitrogen and oxygen atoms in total. The second-order valence-electron chi connectivity index (χ2n) is 8.59. The number of hydrogen-bond acceptors (Lipinski definition) is 5. The lowest BCUT2D eigenvalue weighted by Crippen LogP contribution is -2.24. The molecule has 9 heteroatoms. The Morgan fingerprint density at radius 1 is 0.974 bits per heavy atom. The molecule has 1 aromatic heterocycles. The maximum Gasteiger partial charge on any atom is 0.303 e. The van der Waals surface area contributed by atoms with Crippen molar-refractivity contribution >= 4 is 35.1 Å². The van der Waals surface area contributed by atoms with E-state index in [4.69, 9.17) is 37.5 Å². The number of carbonyl (C=O) groups is 2. The van der Waals surface area contributed by atoms with Crippen LogP contribution in [0.2, 0.25) is 10.0 Å². The summed E-state index contributed by atoms with van der Waals surface area (Å²) in [4.78, 5) is 28.5. The van der Waals surface area contributed by atoms with Gasteiger partial charge in [-0.3, -0.25) is 9.59 Å². The first-order valence-corrected chi connectivity index (χ1v) is 12.8. The average molecular weight is 553 g/mol. The molecule has 0 aliphatic carbocycles. The maximum absolute atomic E-state index is 12.8. The zero-order valence-electron chi connectivity index (χ0n) is 20.7. The van der Waals surface area contributed by atoms with Gasteiger partial charge in [0.1, 0.15) is 11.5 Å². The number of benzene rings is 3. The van der Waals surface area contributed by atoms with Crippen molar-refractivity contribution < 1.29 is 23.8 Å². The fraction of sp³-hybridized carbons (Fsp3) is 0.207. The highest BCUT2D eigenvalue weighted by Crippen LogP contribution is 2.26. The maximum atomic E-state index is 12.8. The van der Waals surface area contributed by atoms with Crippen LogP contribution in [-0.2, 0) is 24.2 Å². The number of carbonyl (C=O) groups excluding carboxylic acids is 1. The van der Waals surface area contributed by atoms with Crippen LogP contribution >= 0.6 is 23.2 Å². The van der Waals surface area contributed by atoms with Crippen LogP contribution in [0.3, 0.4) is 0 Å². The van der Waals surface area contributed by atoms with Crippen molar-refractivity contribution in [2.45, 2.75) is 32.7 Å². The highest BCUT2D eigenvalue weighted by molar-refractivity contribution is 6.39. The van der Waals surface area contributed by atoms with Crippen molar-refractivity contribution in [2.24, 2.45) is 0 Å². The summed E-state index contributed by atoms with van der Waals surface area (Å²) >= 11 is 12.3. The van der Waals surface area contributed by atoms with Gasteiger partial charge in [0.15, 0.2) is 0 Å². The minimum atomic E-state index is -0.902. The molecule has 0 radical (unpaired) electrons. The number of ether oxygens (including phenoxy) is 1. The number of halogens is 2. The van der Waals surface area contributed by atoms with Gasteiger partial charge in [-0.25, -0.2) is 4.98 Å². The fourth-order valence-corrected chi connectivity index (χ4v) is 4.52. The third kappa shape index (κ3) is 6.94. The van der Waals surface area contributed by atoms with Crippen molar-refractivity contribution in [1.82, 2.24) is 10.3 Å². The van der Waals surface area contributed by atoms with E-state index in [1.807, 2.05) is 43.3 Å². The van der Waals surface area contributed by atoms with Crippen LogP contribution in [0, 0.1) is 6.92 Å². The molecule has 2 N–H and O–H groups in total. The molecular weight excluding hydrogens is 527 g/mol. The number of carboxylic acids is 1. The summed E-state index contributed by atoms with van der Waals surface area (Å²) in [6, 6.07) is 19.9. The molecule has 0 atom stereocenters. The third-order valence-electron chi connectivity index (χ3n) is 5.94. The Labute approximate surface area is 230 Å². The largest absolute Gasteiger partial charge is 0.493 e. The summed E-state index contributed by atoms with van der Waals surface area (Å²) < 4.78 is 11.8. The van der Waals surface area contributed by atoms with E-state index in [9.17, 15) is 9.59 Å². The van der Waals surface area contributed by atoms with Gasteiger partial charge in [0.05, 0.1) is 27.9 Å². The Hall–Kier alpha value is -3.81. The quantitative estimate of drug-likeness (QED) is 0.219. The summed E-state index contributed by atoms with van der Waals surface area (Å²) in [6.07, 6.45) is 0.820.